The number of hydrogen-bond donors (Lipinski definition) is 2. The van der Waals surface area contributed by atoms with Crippen molar-refractivity contribution in [3.8, 4) is 0 Å². The first-order chi connectivity index (χ1) is 6.15. The third-order valence-corrected chi connectivity index (χ3v) is 2.51. The van der Waals surface area contributed by atoms with Gasteiger partial charge in [0.05, 0.1) is 12.1 Å². The van der Waals surface area contributed by atoms with Crippen molar-refractivity contribution in [2.75, 3.05) is 6.67 Å². The summed E-state index contributed by atoms with van der Waals surface area (Å²) in [4.78, 5) is 0. The predicted octanol–water partition coefficient (Wildman–Crippen LogP) is 1.62. The zero-order valence-corrected chi connectivity index (χ0v) is 9.11. The van der Waals surface area contributed by atoms with Gasteiger partial charge in [-0.25, -0.2) is 4.39 Å². The van der Waals surface area contributed by atoms with E-state index in [1.807, 2.05) is 12.1 Å². The highest BCUT2D eigenvalue weighted by molar-refractivity contribution is 14.1. The Kier molecular flexibility index (Phi) is 4.08. The van der Waals surface area contributed by atoms with Gasteiger partial charge in [0.1, 0.15) is 6.67 Å². The van der Waals surface area contributed by atoms with Gasteiger partial charge in [-0.15, -0.1) is 0 Å². The van der Waals surface area contributed by atoms with E-state index in [4.69, 9.17) is 5.73 Å². The monoisotopic (exact) mass is 295 g/mol. The first-order valence-electron chi connectivity index (χ1n) is 3.90. The van der Waals surface area contributed by atoms with E-state index in [-0.39, 0.29) is 0 Å². The van der Waals surface area contributed by atoms with Crippen LogP contribution in [0.2, 0.25) is 0 Å². The molecule has 0 saturated heterocycles. The summed E-state index contributed by atoms with van der Waals surface area (Å²) in [5.74, 6) is 0. The van der Waals surface area contributed by atoms with Crippen LogP contribution in [0.25, 0.3) is 0 Å². The molecule has 0 aliphatic heterocycles. The van der Waals surface area contributed by atoms with E-state index in [0.29, 0.717) is 5.56 Å². The van der Waals surface area contributed by atoms with Gasteiger partial charge in [-0.1, -0.05) is 12.1 Å². The van der Waals surface area contributed by atoms with Gasteiger partial charge in [-0.2, -0.15) is 0 Å². The number of rotatable bonds is 3. The smallest absolute Gasteiger partial charge is 0.107 e. The Bertz CT molecular complexity index is 265. The number of halogens is 2. The molecule has 2 nitrogen and oxygen atoms in total. The molecule has 0 aromatic heterocycles. The lowest BCUT2D eigenvalue weighted by Crippen LogP contribution is -2.30. The van der Waals surface area contributed by atoms with E-state index in [0.717, 1.165) is 3.57 Å². The Labute approximate surface area is 90.1 Å². The second kappa shape index (κ2) is 4.88. The zero-order chi connectivity index (χ0) is 9.84. The molecule has 0 heterocycles. The molecule has 2 atom stereocenters. The molecule has 1 unspecified atom stereocenters. The maximum Gasteiger partial charge on any atom is 0.107 e. The van der Waals surface area contributed by atoms with Gasteiger partial charge in [0.15, 0.2) is 0 Å². The molecule has 0 fully saturated rings. The van der Waals surface area contributed by atoms with Crippen molar-refractivity contribution in [1.82, 2.24) is 0 Å². The minimum atomic E-state index is -0.915. The quantitative estimate of drug-likeness (QED) is 0.832. The molecular formula is C9H11FINO. The molecule has 1 aromatic carbocycles. The summed E-state index contributed by atoms with van der Waals surface area (Å²) in [6.45, 7) is -0.715. The van der Waals surface area contributed by atoms with Crippen molar-refractivity contribution in [3.05, 3.63) is 33.4 Å². The molecule has 0 aliphatic carbocycles. The van der Waals surface area contributed by atoms with Crippen molar-refractivity contribution in [1.29, 1.82) is 0 Å². The first-order valence-corrected chi connectivity index (χ1v) is 4.98. The third-order valence-electron chi connectivity index (χ3n) is 1.80. The fraction of sp³-hybridized carbons (Fsp3) is 0.333. The van der Waals surface area contributed by atoms with Gasteiger partial charge in [-0.3, -0.25) is 0 Å². The van der Waals surface area contributed by atoms with Crippen LogP contribution in [-0.2, 0) is 0 Å². The highest BCUT2D eigenvalue weighted by Crippen LogP contribution is 2.17. The van der Waals surface area contributed by atoms with Crippen LogP contribution in [-0.4, -0.2) is 17.8 Å². The van der Waals surface area contributed by atoms with Crippen LogP contribution in [0.1, 0.15) is 11.7 Å². The van der Waals surface area contributed by atoms with Gasteiger partial charge < -0.3 is 10.8 Å². The van der Waals surface area contributed by atoms with Gasteiger partial charge in [0.2, 0.25) is 0 Å². The Morgan fingerprint density at radius 2 is 1.92 bits per heavy atom. The van der Waals surface area contributed by atoms with E-state index in [2.05, 4.69) is 22.6 Å². The maximum absolute atomic E-state index is 12.1. The zero-order valence-electron chi connectivity index (χ0n) is 6.95. The van der Waals surface area contributed by atoms with Crippen LogP contribution in [0.15, 0.2) is 24.3 Å². The van der Waals surface area contributed by atoms with Crippen LogP contribution in [0, 0.1) is 3.57 Å². The molecule has 3 N–H and O–H groups in total. The van der Waals surface area contributed by atoms with Crippen LogP contribution in [0.5, 0.6) is 0 Å². The fourth-order valence-corrected chi connectivity index (χ4v) is 1.35. The SMILES string of the molecule is N[C@H](CF)C(O)c1ccc(I)cc1. The largest absolute Gasteiger partial charge is 0.387 e. The Morgan fingerprint density at radius 3 is 2.38 bits per heavy atom. The van der Waals surface area contributed by atoms with Crippen molar-refractivity contribution >= 4 is 22.6 Å². The van der Waals surface area contributed by atoms with Gasteiger partial charge in [0.25, 0.3) is 0 Å². The second-order valence-corrected chi connectivity index (χ2v) is 4.06. The van der Waals surface area contributed by atoms with Crippen LogP contribution < -0.4 is 5.73 Å². The molecular weight excluding hydrogens is 284 g/mol. The maximum atomic E-state index is 12.1. The summed E-state index contributed by atoms with van der Waals surface area (Å²) in [6.07, 6.45) is -0.915. The number of aliphatic hydroxyl groups is 1. The summed E-state index contributed by atoms with van der Waals surface area (Å²) in [6, 6.07) is 6.37. The molecule has 1 rings (SSSR count). The lowest BCUT2D eigenvalue weighted by Gasteiger charge is -2.15. The van der Waals surface area contributed by atoms with Gasteiger partial charge in [0, 0.05) is 3.57 Å². The molecule has 4 heteroatoms. The molecule has 0 saturated carbocycles. The molecule has 1 aromatic rings. The normalized spacial score (nSPS) is 15.4. The van der Waals surface area contributed by atoms with Crippen molar-refractivity contribution in [2.45, 2.75) is 12.1 Å². The Hall–Kier alpha value is -0.200. The highest BCUT2D eigenvalue weighted by Gasteiger charge is 2.15. The van der Waals surface area contributed by atoms with E-state index >= 15 is 0 Å². The van der Waals surface area contributed by atoms with E-state index < -0.39 is 18.8 Å². The summed E-state index contributed by atoms with van der Waals surface area (Å²) < 4.78 is 13.2. The number of alkyl halides is 1. The van der Waals surface area contributed by atoms with Crippen molar-refractivity contribution < 1.29 is 9.50 Å². The number of nitrogens with two attached hydrogens (primary N) is 1. The Morgan fingerprint density at radius 1 is 1.38 bits per heavy atom. The van der Waals surface area contributed by atoms with Gasteiger partial charge in [-0.05, 0) is 40.3 Å². The molecule has 13 heavy (non-hydrogen) atoms. The summed E-state index contributed by atoms with van der Waals surface area (Å²) in [5.41, 5.74) is 6.02. The fourth-order valence-electron chi connectivity index (χ4n) is 0.992. The number of aliphatic hydroxyl groups excluding tert-OH is 1. The topological polar surface area (TPSA) is 46.2 Å². The van der Waals surface area contributed by atoms with E-state index in [1.54, 1.807) is 12.1 Å². The van der Waals surface area contributed by atoms with E-state index in [9.17, 15) is 9.50 Å². The summed E-state index contributed by atoms with van der Waals surface area (Å²) >= 11 is 2.16. The van der Waals surface area contributed by atoms with Crippen molar-refractivity contribution in [2.24, 2.45) is 5.73 Å². The molecule has 0 aliphatic rings. The summed E-state index contributed by atoms with van der Waals surface area (Å²) in [5, 5.41) is 9.51. The van der Waals surface area contributed by atoms with Crippen molar-refractivity contribution in [3.63, 3.8) is 0 Å². The minimum absolute atomic E-state index is 0.658. The average Bonchev–Trinajstić information content (AvgIpc) is 2.17. The Balaban J connectivity index is 2.77. The number of benzene rings is 1. The average molecular weight is 295 g/mol. The lowest BCUT2D eigenvalue weighted by molar-refractivity contribution is 0.132. The molecule has 0 radical (unpaired) electrons. The first kappa shape index (κ1) is 10.9. The van der Waals surface area contributed by atoms with Crippen LogP contribution in [0.3, 0.4) is 0 Å². The molecule has 72 valence electrons. The summed E-state index contributed by atoms with van der Waals surface area (Å²) in [7, 11) is 0. The third kappa shape index (κ3) is 2.89. The molecule has 0 amide bonds. The van der Waals surface area contributed by atoms with E-state index in [1.165, 1.54) is 0 Å². The van der Waals surface area contributed by atoms with Gasteiger partial charge >= 0.3 is 0 Å². The van der Waals surface area contributed by atoms with Crippen LogP contribution >= 0.6 is 22.6 Å². The minimum Gasteiger partial charge on any atom is -0.387 e. The second-order valence-electron chi connectivity index (χ2n) is 2.81. The molecule has 0 spiro atoms. The molecule has 0 bridgehead atoms. The number of hydrogen-bond acceptors (Lipinski definition) is 2. The lowest BCUT2D eigenvalue weighted by atomic mass is 10.0. The van der Waals surface area contributed by atoms with Crippen LogP contribution in [0.4, 0.5) is 4.39 Å². The standard InChI is InChI=1S/C9H11FINO/c10-5-8(12)9(13)6-1-3-7(11)4-2-6/h1-4,8-9,13H,5,12H2/t8-,9?/m1/s1. The predicted molar refractivity (Wildman–Crippen MR) is 58.1 cm³/mol. The highest BCUT2D eigenvalue weighted by atomic mass is 127.